The highest BCUT2D eigenvalue weighted by Crippen LogP contribution is 2.20. The van der Waals surface area contributed by atoms with E-state index in [4.69, 9.17) is 10.0 Å². The van der Waals surface area contributed by atoms with Crippen LogP contribution in [-0.2, 0) is 0 Å². The van der Waals surface area contributed by atoms with Crippen molar-refractivity contribution in [1.82, 2.24) is 0 Å². The fourth-order valence-electron chi connectivity index (χ4n) is 1.02. The van der Waals surface area contributed by atoms with Crippen molar-refractivity contribution in [2.24, 2.45) is 0 Å². The third-order valence-corrected chi connectivity index (χ3v) is 1.64. The SMILES string of the molecule is OB(O)c1ccccc1C(F)=C(F)F. The fourth-order valence-corrected chi connectivity index (χ4v) is 1.02. The zero-order valence-corrected chi connectivity index (χ0v) is 6.92. The van der Waals surface area contributed by atoms with Crippen molar-refractivity contribution in [2.75, 3.05) is 0 Å². The molecule has 0 heterocycles. The summed E-state index contributed by atoms with van der Waals surface area (Å²) in [5, 5.41) is 17.5. The summed E-state index contributed by atoms with van der Waals surface area (Å²) >= 11 is 0. The quantitative estimate of drug-likeness (QED) is 0.699. The van der Waals surface area contributed by atoms with Crippen molar-refractivity contribution in [3.63, 3.8) is 0 Å². The lowest BCUT2D eigenvalue weighted by atomic mass is 9.77. The highest BCUT2D eigenvalue weighted by atomic mass is 19.3. The summed E-state index contributed by atoms with van der Waals surface area (Å²) in [7, 11) is -1.98. The van der Waals surface area contributed by atoms with Crippen LogP contribution in [0.3, 0.4) is 0 Å². The molecule has 0 aliphatic heterocycles. The normalized spacial score (nSPS) is 9.79. The van der Waals surface area contributed by atoms with Gasteiger partial charge >= 0.3 is 13.2 Å². The Morgan fingerprint density at radius 3 is 2.14 bits per heavy atom. The molecule has 0 aliphatic carbocycles. The molecule has 0 spiro atoms. The summed E-state index contributed by atoms with van der Waals surface area (Å²) in [4.78, 5) is 0. The van der Waals surface area contributed by atoms with E-state index in [1.165, 1.54) is 12.1 Å². The first-order valence-corrected chi connectivity index (χ1v) is 3.70. The van der Waals surface area contributed by atoms with E-state index in [0.717, 1.165) is 12.1 Å². The summed E-state index contributed by atoms with van der Waals surface area (Å²) in [5.41, 5.74) is -0.805. The zero-order valence-electron chi connectivity index (χ0n) is 6.92. The topological polar surface area (TPSA) is 40.5 Å². The Kier molecular flexibility index (Phi) is 3.32. The van der Waals surface area contributed by atoms with E-state index in [0.29, 0.717) is 0 Å². The Morgan fingerprint density at radius 1 is 1.07 bits per heavy atom. The van der Waals surface area contributed by atoms with Gasteiger partial charge in [-0.2, -0.15) is 8.78 Å². The molecule has 0 unspecified atom stereocenters. The fraction of sp³-hybridized carbons (Fsp3) is 0. The third-order valence-electron chi connectivity index (χ3n) is 1.64. The lowest BCUT2D eigenvalue weighted by Gasteiger charge is -2.05. The summed E-state index contributed by atoms with van der Waals surface area (Å²) < 4.78 is 36.6. The molecule has 6 heteroatoms. The molecule has 1 aromatic rings. The van der Waals surface area contributed by atoms with Gasteiger partial charge in [0.05, 0.1) is 0 Å². The Morgan fingerprint density at radius 2 is 1.64 bits per heavy atom. The number of benzene rings is 1. The van der Waals surface area contributed by atoms with E-state index < -0.39 is 24.6 Å². The van der Waals surface area contributed by atoms with Crippen molar-refractivity contribution in [3.8, 4) is 0 Å². The minimum absolute atomic E-state index is 0.294. The first-order valence-electron chi connectivity index (χ1n) is 3.70. The van der Waals surface area contributed by atoms with Gasteiger partial charge in [0.2, 0.25) is 0 Å². The molecule has 0 saturated heterocycles. The predicted octanol–water partition coefficient (Wildman–Crippen LogP) is 0.901. The Bertz CT molecular complexity index is 361. The van der Waals surface area contributed by atoms with Crippen LogP contribution in [0.5, 0.6) is 0 Å². The van der Waals surface area contributed by atoms with E-state index >= 15 is 0 Å². The molecule has 2 nitrogen and oxygen atoms in total. The van der Waals surface area contributed by atoms with Crippen LogP contribution in [-0.4, -0.2) is 17.2 Å². The van der Waals surface area contributed by atoms with Crippen LogP contribution in [0, 0.1) is 0 Å². The van der Waals surface area contributed by atoms with Crippen LogP contribution >= 0.6 is 0 Å². The van der Waals surface area contributed by atoms with Gasteiger partial charge in [0, 0.05) is 5.56 Å². The van der Waals surface area contributed by atoms with Crippen molar-refractivity contribution in [1.29, 1.82) is 0 Å². The van der Waals surface area contributed by atoms with E-state index in [1.54, 1.807) is 0 Å². The van der Waals surface area contributed by atoms with Gasteiger partial charge in [0.25, 0.3) is 0 Å². The molecule has 0 fully saturated rings. The molecule has 0 aromatic heterocycles. The summed E-state index contributed by atoms with van der Waals surface area (Å²) in [6.07, 6.45) is -2.49. The zero-order chi connectivity index (χ0) is 10.7. The van der Waals surface area contributed by atoms with Crippen LogP contribution in [0.15, 0.2) is 30.3 Å². The third kappa shape index (κ3) is 2.15. The van der Waals surface area contributed by atoms with Crippen molar-refractivity contribution < 1.29 is 23.2 Å². The summed E-state index contributed by atoms with van der Waals surface area (Å²) in [6.45, 7) is 0. The molecular formula is C8H6BF3O2. The van der Waals surface area contributed by atoms with Gasteiger partial charge < -0.3 is 10.0 Å². The second-order valence-electron chi connectivity index (χ2n) is 2.54. The average Bonchev–Trinajstić information content (AvgIpc) is 2.16. The van der Waals surface area contributed by atoms with Gasteiger partial charge in [-0.05, 0) is 5.46 Å². The van der Waals surface area contributed by atoms with Crippen molar-refractivity contribution >= 4 is 18.4 Å². The van der Waals surface area contributed by atoms with Crippen molar-refractivity contribution in [3.05, 3.63) is 35.9 Å². The maximum Gasteiger partial charge on any atom is 0.489 e. The summed E-state index contributed by atoms with van der Waals surface area (Å²) in [6, 6.07) is 4.91. The highest BCUT2D eigenvalue weighted by Gasteiger charge is 2.20. The molecule has 14 heavy (non-hydrogen) atoms. The summed E-state index contributed by atoms with van der Waals surface area (Å²) in [5.74, 6) is -1.74. The van der Waals surface area contributed by atoms with E-state index in [-0.39, 0.29) is 5.46 Å². The lowest BCUT2D eigenvalue weighted by molar-refractivity contribution is 0.410. The van der Waals surface area contributed by atoms with Crippen LogP contribution in [0.4, 0.5) is 13.2 Å². The van der Waals surface area contributed by atoms with Crippen LogP contribution in [0.25, 0.3) is 5.83 Å². The van der Waals surface area contributed by atoms with E-state index in [2.05, 4.69) is 0 Å². The molecular weight excluding hydrogens is 196 g/mol. The van der Waals surface area contributed by atoms with E-state index in [9.17, 15) is 13.2 Å². The molecule has 0 bridgehead atoms. The number of hydrogen-bond acceptors (Lipinski definition) is 2. The Balaban J connectivity index is 3.28. The molecule has 0 radical (unpaired) electrons. The Labute approximate surface area is 78.4 Å². The number of halogens is 3. The molecule has 0 atom stereocenters. The smallest absolute Gasteiger partial charge is 0.423 e. The van der Waals surface area contributed by atoms with Gasteiger partial charge in [0.1, 0.15) is 0 Å². The van der Waals surface area contributed by atoms with Crippen molar-refractivity contribution in [2.45, 2.75) is 0 Å². The first kappa shape index (κ1) is 10.8. The second-order valence-corrected chi connectivity index (χ2v) is 2.54. The number of rotatable bonds is 2. The van der Waals surface area contributed by atoms with Gasteiger partial charge in [-0.1, -0.05) is 24.3 Å². The average molecular weight is 202 g/mol. The van der Waals surface area contributed by atoms with Gasteiger partial charge in [0.15, 0.2) is 5.83 Å². The Hall–Kier alpha value is -1.27. The molecule has 0 amide bonds. The molecule has 1 aromatic carbocycles. The number of hydrogen-bond donors (Lipinski definition) is 2. The second kappa shape index (κ2) is 4.30. The molecule has 2 N–H and O–H groups in total. The lowest BCUT2D eigenvalue weighted by Crippen LogP contribution is -2.32. The molecule has 0 saturated carbocycles. The molecule has 0 aliphatic rings. The van der Waals surface area contributed by atoms with Gasteiger partial charge in [-0.15, -0.1) is 0 Å². The monoisotopic (exact) mass is 202 g/mol. The molecule has 1 rings (SSSR count). The minimum Gasteiger partial charge on any atom is -0.423 e. The standard InChI is InChI=1S/C8H6BF3O2/c10-7(8(11)12)5-3-1-2-4-6(5)9(13)14/h1-4,13-14H. The van der Waals surface area contributed by atoms with Crippen LogP contribution < -0.4 is 5.46 Å². The van der Waals surface area contributed by atoms with Crippen LogP contribution in [0.2, 0.25) is 0 Å². The highest BCUT2D eigenvalue weighted by molar-refractivity contribution is 6.59. The first-order chi connectivity index (χ1) is 6.54. The van der Waals surface area contributed by atoms with Crippen LogP contribution in [0.1, 0.15) is 5.56 Å². The maximum atomic E-state index is 12.8. The molecule has 74 valence electrons. The maximum absolute atomic E-state index is 12.8. The minimum atomic E-state index is -2.49. The van der Waals surface area contributed by atoms with E-state index in [1.807, 2.05) is 0 Å². The van der Waals surface area contributed by atoms with Gasteiger partial charge in [-0.3, -0.25) is 0 Å². The predicted molar refractivity (Wildman–Crippen MR) is 46.5 cm³/mol. The largest absolute Gasteiger partial charge is 0.489 e. The van der Waals surface area contributed by atoms with Gasteiger partial charge in [-0.25, -0.2) is 4.39 Å².